The lowest BCUT2D eigenvalue weighted by atomic mass is 10.3. The molecule has 0 aliphatic carbocycles. The van der Waals surface area contributed by atoms with Crippen molar-refractivity contribution in [1.82, 2.24) is 34.3 Å². The van der Waals surface area contributed by atoms with Gasteiger partial charge in [0.15, 0.2) is 17.3 Å². The van der Waals surface area contributed by atoms with Gasteiger partial charge in [-0.3, -0.25) is 0 Å². The molecule has 0 spiro atoms. The first-order chi connectivity index (χ1) is 9.15. The van der Waals surface area contributed by atoms with Crippen LogP contribution in [0.25, 0.3) is 17.8 Å². The maximum Gasteiger partial charge on any atom is 0.175 e. The second-order valence-electron chi connectivity index (χ2n) is 4.27. The van der Waals surface area contributed by atoms with Crippen LogP contribution in [-0.2, 0) is 7.05 Å². The molecule has 0 amide bonds. The predicted octanol–water partition coefficient (Wildman–Crippen LogP) is 1.04. The van der Waals surface area contributed by atoms with Crippen LogP contribution in [-0.4, -0.2) is 34.3 Å². The zero-order valence-corrected chi connectivity index (χ0v) is 10.9. The molecule has 0 saturated heterocycles. The average molecular weight is 255 g/mol. The molecule has 3 aromatic heterocycles. The van der Waals surface area contributed by atoms with Crippen molar-refractivity contribution >= 4 is 17.8 Å². The van der Waals surface area contributed by atoms with E-state index in [1.54, 1.807) is 15.4 Å². The molecule has 0 aromatic carbocycles. The third-order valence-corrected chi connectivity index (χ3v) is 2.86. The topological polar surface area (TPSA) is 73.8 Å². The summed E-state index contributed by atoms with van der Waals surface area (Å²) in [6.07, 6.45) is 6.96. The van der Waals surface area contributed by atoms with Gasteiger partial charge in [-0.1, -0.05) is 0 Å². The number of hydrogen-bond donors (Lipinski definition) is 0. The quantitative estimate of drug-likeness (QED) is 0.684. The van der Waals surface area contributed by atoms with Gasteiger partial charge in [0, 0.05) is 18.8 Å². The zero-order chi connectivity index (χ0) is 13.4. The van der Waals surface area contributed by atoms with Crippen molar-refractivity contribution in [2.24, 2.45) is 7.05 Å². The fourth-order valence-corrected chi connectivity index (χ4v) is 1.79. The molecule has 3 heterocycles. The maximum absolute atomic E-state index is 4.47. The minimum Gasteiger partial charge on any atom is -0.249 e. The van der Waals surface area contributed by atoms with Gasteiger partial charge in [0.1, 0.15) is 12.2 Å². The number of aryl methyl sites for hydroxylation is 3. The summed E-state index contributed by atoms with van der Waals surface area (Å²) < 4.78 is 3.43. The van der Waals surface area contributed by atoms with Gasteiger partial charge in [-0.05, 0) is 26.0 Å². The SMILES string of the molecule is Cc1cnc(C)n2nc(/C=C/c3ncnn3C)nc12. The molecule has 96 valence electrons. The lowest BCUT2D eigenvalue weighted by molar-refractivity contribution is 0.757. The van der Waals surface area contributed by atoms with Crippen molar-refractivity contribution in [1.29, 1.82) is 0 Å². The second kappa shape index (κ2) is 4.27. The minimum absolute atomic E-state index is 0.627. The summed E-state index contributed by atoms with van der Waals surface area (Å²) in [5.41, 5.74) is 1.82. The monoisotopic (exact) mass is 255 g/mol. The van der Waals surface area contributed by atoms with Crippen LogP contribution in [0.15, 0.2) is 12.5 Å². The Morgan fingerprint density at radius 2 is 2.00 bits per heavy atom. The number of rotatable bonds is 2. The van der Waals surface area contributed by atoms with Crippen molar-refractivity contribution in [3.63, 3.8) is 0 Å². The summed E-state index contributed by atoms with van der Waals surface area (Å²) >= 11 is 0. The standard InChI is InChI=1S/C12H13N7/c1-8-6-13-9(2)19-12(8)16-10(17-19)4-5-11-14-7-15-18(11)3/h4-7H,1-3H3/b5-4+. The highest BCUT2D eigenvalue weighted by Gasteiger charge is 2.06. The number of aromatic nitrogens is 7. The smallest absolute Gasteiger partial charge is 0.175 e. The van der Waals surface area contributed by atoms with Crippen molar-refractivity contribution in [2.75, 3.05) is 0 Å². The van der Waals surface area contributed by atoms with Crippen LogP contribution in [0.1, 0.15) is 23.0 Å². The van der Waals surface area contributed by atoms with Crippen LogP contribution in [0, 0.1) is 13.8 Å². The molecule has 0 saturated carbocycles. The van der Waals surface area contributed by atoms with Gasteiger partial charge in [-0.25, -0.2) is 19.6 Å². The lowest BCUT2D eigenvalue weighted by Crippen LogP contribution is -1.98. The first-order valence-corrected chi connectivity index (χ1v) is 5.86. The Balaban J connectivity index is 2.03. The van der Waals surface area contributed by atoms with Gasteiger partial charge in [0.2, 0.25) is 0 Å². The van der Waals surface area contributed by atoms with Crippen LogP contribution in [0.3, 0.4) is 0 Å². The van der Waals surface area contributed by atoms with Gasteiger partial charge in [-0.15, -0.1) is 5.10 Å². The summed E-state index contributed by atoms with van der Waals surface area (Å²) in [7, 11) is 1.84. The summed E-state index contributed by atoms with van der Waals surface area (Å²) in [6.45, 7) is 3.86. The molecule has 0 radical (unpaired) electrons. The van der Waals surface area contributed by atoms with E-state index < -0.39 is 0 Å². The molecule has 0 unspecified atom stereocenters. The molecule has 3 aromatic rings. The third-order valence-electron chi connectivity index (χ3n) is 2.86. The van der Waals surface area contributed by atoms with Crippen molar-refractivity contribution in [3.8, 4) is 0 Å². The Hall–Kier alpha value is -2.57. The van der Waals surface area contributed by atoms with E-state index in [9.17, 15) is 0 Å². The summed E-state index contributed by atoms with van der Waals surface area (Å²) in [5, 5.41) is 8.40. The van der Waals surface area contributed by atoms with Crippen LogP contribution in [0.2, 0.25) is 0 Å². The third kappa shape index (κ3) is 1.99. The molecule has 0 fully saturated rings. The molecule has 0 bridgehead atoms. The molecule has 7 nitrogen and oxygen atoms in total. The van der Waals surface area contributed by atoms with E-state index in [0.717, 1.165) is 22.9 Å². The molecular weight excluding hydrogens is 242 g/mol. The number of fused-ring (bicyclic) bond motifs is 1. The Labute approximate surface area is 109 Å². The van der Waals surface area contributed by atoms with Crippen LogP contribution in [0.5, 0.6) is 0 Å². The highest BCUT2D eigenvalue weighted by atomic mass is 15.3. The van der Waals surface area contributed by atoms with Gasteiger partial charge in [0.25, 0.3) is 0 Å². The number of hydrogen-bond acceptors (Lipinski definition) is 5. The highest BCUT2D eigenvalue weighted by Crippen LogP contribution is 2.10. The van der Waals surface area contributed by atoms with Gasteiger partial charge in [-0.2, -0.15) is 9.61 Å². The fraction of sp³-hybridized carbons (Fsp3) is 0.250. The van der Waals surface area contributed by atoms with E-state index in [0.29, 0.717) is 5.82 Å². The van der Waals surface area contributed by atoms with Crippen molar-refractivity contribution in [3.05, 3.63) is 35.6 Å². The van der Waals surface area contributed by atoms with Gasteiger partial charge >= 0.3 is 0 Å². The average Bonchev–Trinajstić information content (AvgIpc) is 2.98. The molecule has 7 heteroatoms. The zero-order valence-electron chi connectivity index (χ0n) is 10.9. The number of nitrogens with zero attached hydrogens (tertiary/aromatic N) is 7. The van der Waals surface area contributed by atoms with Crippen LogP contribution < -0.4 is 0 Å². The van der Waals surface area contributed by atoms with E-state index in [-0.39, 0.29) is 0 Å². The van der Waals surface area contributed by atoms with Gasteiger partial charge < -0.3 is 0 Å². The van der Waals surface area contributed by atoms with Crippen molar-refractivity contribution < 1.29 is 0 Å². The Morgan fingerprint density at radius 1 is 1.16 bits per heavy atom. The van der Waals surface area contributed by atoms with E-state index >= 15 is 0 Å². The van der Waals surface area contributed by atoms with E-state index in [4.69, 9.17) is 0 Å². The second-order valence-corrected chi connectivity index (χ2v) is 4.27. The molecule has 0 N–H and O–H groups in total. The molecule has 0 atom stereocenters. The summed E-state index contributed by atoms with van der Waals surface area (Å²) in [4.78, 5) is 12.8. The molecular formula is C12H13N7. The molecule has 19 heavy (non-hydrogen) atoms. The molecule has 0 aliphatic heterocycles. The summed E-state index contributed by atoms with van der Waals surface area (Å²) in [5.74, 6) is 2.19. The van der Waals surface area contributed by atoms with Crippen LogP contribution in [0.4, 0.5) is 0 Å². The Morgan fingerprint density at radius 3 is 2.68 bits per heavy atom. The fourth-order valence-electron chi connectivity index (χ4n) is 1.79. The minimum atomic E-state index is 0.627. The van der Waals surface area contributed by atoms with E-state index in [1.807, 2.05) is 33.0 Å². The first-order valence-electron chi connectivity index (χ1n) is 5.86. The van der Waals surface area contributed by atoms with Gasteiger partial charge in [0.05, 0.1) is 0 Å². The normalized spacial score (nSPS) is 11.7. The highest BCUT2D eigenvalue weighted by molar-refractivity contribution is 5.64. The predicted molar refractivity (Wildman–Crippen MR) is 70.2 cm³/mol. The van der Waals surface area contributed by atoms with E-state index in [2.05, 4.69) is 25.1 Å². The van der Waals surface area contributed by atoms with Crippen LogP contribution >= 0.6 is 0 Å². The van der Waals surface area contributed by atoms with Crippen molar-refractivity contribution in [2.45, 2.75) is 13.8 Å². The first kappa shape index (κ1) is 11.5. The largest absolute Gasteiger partial charge is 0.249 e. The Bertz CT molecular complexity index is 727. The lowest BCUT2D eigenvalue weighted by Gasteiger charge is -1.97. The molecule has 3 rings (SSSR count). The molecule has 0 aliphatic rings. The Kier molecular flexibility index (Phi) is 2.59. The van der Waals surface area contributed by atoms with E-state index in [1.165, 1.54) is 6.33 Å². The summed E-state index contributed by atoms with van der Waals surface area (Å²) in [6, 6.07) is 0. The maximum atomic E-state index is 4.47.